The van der Waals surface area contributed by atoms with Gasteiger partial charge in [0.05, 0.1) is 12.6 Å². The summed E-state index contributed by atoms with van der Waals surface area (Å²) < 4.78 is 0. The Labute approximate surface area is 182 Å². The van der Waals surface area contributed by atoms with Crippen molar-refractivity contribution < 1.29 is 14.4 Å². The minimum absolute atomic E-state index is 0. The third-order valence-electron chi connectivity index (χ3n) is 4.25. The topological polar surface area (TPSA) is 125 Å². The predicted molar refractivity (Wildman–Crippen MR) is 122 cm³/mol. The average Bonchev–Trinajstić information content (AvgIpc) is 2.68. The van der Waals surface area contributed by atoms with Gasteiger partial charge >= 0.3 is 6.03 Å². The molecule has 0 bridgehead atoms. The maximum Gasteiger partial charge on any atom is 0.323 e. The van der Waals surface area contributed by atoms with Gasteiger partial charge in [0.25, 0.3) is 0 Å². The van der Waals surface area contributed by atoms with Gasteiger partial charge in [0, 0.05) is 17.1 Å². The maximum atomic E-state index is 12.2. The first kappa shape index (κ1) is 24.9. The lowest BCUT2D eigenvalue weighted by Gasteiger charge is -2.16. The number of benzene rings is 2. The maximum absolute atomic E-state index is 12.2. The molecule has 0 aliphatic heterocycles. The van der Waals surface area contributed by atoms with Crippen LogP contribution < -0.4 is 27.0 Å². The normalized spacial score (nSPS) is 11.1. The number of halogens is 1. The molecule has 0 radical (unpaired) electrons. The summed E-state index contributed by atoms with van der Waals surface area (Å²) in [6.45, 7) is 5.31. The Hall–Kier alpha value is -3.10. The first-order chi connectivity index (χ1) is 13.8. The van der Waals surface area contributed by atoms with Crippen molar-refractivity contribution in [3.05, 3.63) is 54.1 Å². The Balaban J connectivity index is 0.00000450. The molecule has 1 atom stereocenters. The van der Waals surface area contributed by atoms with Crippen molar-refractivity contribution in [1.29, 1.82) is 0 Å². The number of aryl methyl sites for hydroxylation is 1. The Morgan fingerprint density at radius 1 is 0.933 bits per heavy atom. The number of hydrogen-bond acceptors (Lipinski definition) is 4. The summed E-state index contributed by atoms with van der Waals surface area (Å²) in [5, 5.41) is 10.7. The zero-order valence-electron chi connectivity index (χ0n) is 17.2. The lowest BCUT2D eigenvalue weighted by molar-refractivity contribution is -0.125. The van der Waals surface area contributed by atoms with Gasteiger partial charge in [0.2, 0.25) is 11.8 Å². The molecular weight excluding hydrogens is 406 g/mol. The summed E-state index contributed by atoms with van der Waals surface area (Å²) in [5.74, 6) is -0.784. The number of nitrogens with one attached hydrogen (secondary N) is 4. The van der Waals surface area contributed by atoms with Gasteiger partial charge < -0.3 is 27.0 Å². The van der Waals surface area contributed by atoms with Crippen LogP contribution in [0.4, 0.5) is 21.9 Å². The van der Waals surface area contributed by atoms with E-state index in [2.05, 4.69) is 21.3 Å². The van der Waals surface area contributed by atoms with Crippen LogP contribution in [0.5, 0.6) is 0 Å². The molecule has 0 spiro atoms. The number of urea groups is 1. The molecule has 2 rings (SSSR count). The standard InChI is InChI=1S/C21H27N5O3.ClH/c1-13(2)19(22)20(28)23-12-18(27)26-17-11-16(10-9-14(17)3)25-21(29)24-15-7-5-4-6-8-15;/h4-11,13,19H,12,22H2,1-3H3,(H,23,28)(H,26,27)(H2,24,25,29);1H/t19-;/m0./s1. The van der Waals surface area contributed by atoms with Gasteiger partial charge in [-0.2, -0.15) is 0 Å². The van der Waals surface area contributed by atoms with Gasteiger partial charge in [0.15, 0.2) is 0 Å². The molecule has 0 aliphatic rings. The molecular formula is C21H28ClN5O3. The van der Waals surface area contributed by atoms with Crippen LogP contribution in [0.2, 0.25) is 0 Å². The van der Waals surface area contributed by atoms with Crippen molar-refractivity contribution in [2.24, 2.45) is 11.7 Å². The second-order valence-corrected chi connectivity index (χ2v) is 7.01. The van der Waals surface area contributed by atoms with E-state index in [1.807, 2.05) is 39.0 Å². The lowest BCUT2D eigenvalue weighted by atomic mass is 10.1. The smallest absolute Gasteiger partial charge is 0.323 e. The zero-order valence-corrected chi connectivity index (χ0v) is 18.0. The van der Waals surface area contributed by atoms with E-state index < -0.39 is 12.1 Å². The van der Waals surface area contributed by atoms with Crippen molar-refractivity contribution >= 4 is 47.3 Å². The van der Waals surface area contributed by atoms with Crippen LogP contribution in [-0.2, 0) is 9.59 Å². The van der Waals surface area contributed by atoms with Crippen LogP contribution in [0.15, 0.2) is 48.5 Å². The highest BCUT2D eigenvalue weighted by Gasteiger charge is 2.17. The SMILES string of the molecule is Cc1ccc(NC(=O)Nc2ccccc2)cc1NC(=O)CNC(=O)[C@@H](N)C(C)C.Cl. The number of carbonyl (C=O) groups excluding carboxylic acids is 3. The monoisotopic (exact) mass is 433 g/mol. The third-order valence-corrected chi connectivity index (χ3v) is 4.25. The molecule has 0 saturated heterocycles. The Morgan fingerprint density at radius 2 is 1.57 bits per heavy atom. The van der Waals surface area contributed by atoms with Crippen molar-refractivity contribution in [1.82, 2.24) is 5.32 Å². The van der Waals surface area contributed by atoms with Crippen LogP contribution in [0, 0.1) is 12.8 Å². The summed E-state index contributed by atoms with van der Waals surface area (Å²) in [7, 11) is 0. The van der Waals surface area contributed by atoms with Crippen molar-refractivity contribution in [2.45, 2.75) is 26.8 Å². The summed E-state index contributed by atoms with van der Waals surface area (Å²) in [4.78, 5) is 36.2. The van der Waals surface area contributed by atoms with Gasteiger partial charge in [0.1, 0.15) is 0 Å². The molecule has 0 saturated carbocycles. The van der Waals surface area contributed by atoms with E-state index in [9.17, 15) is 14.4 Å². The van der Waals surface area contributed by atoms with Crippen LogP contribution in [0.3, 0.4) is 0 Å². The fraction of sp³-hybridized carbons (Fsp3) is 0.286. The molecule has 2 aromatic rings. The highest BCUT2D eigenvalue weighted by Crippen LogP contribution is 2.20. The number of amides is 4. The molecule has 0 aliphatic carbocycles. The van der Waals surface area contributed by atoms with Crippen LogP contribution >= 0.6 is 12.4 Å². The van der Waals surface area contributed by atoms with Crippen molar-refractivity contribution in [2.75, 3.05) is 22.5 Å². The van der Waals surface area contributed by atoms with Gasteiger partial charge in [-0.05, 0) is 42.7 Å². The lowest BCUT2D eigenvalue weighted by Crippen LogP contribution is -2.46. The fourth-order valence-corrected chi connectivity index (χ4v) is 2.43. The third kappa shape index (κ3) is 7.73. The highest BCUT2D eigenvalue weighted by molar-refractivity contribution is 6.01. The van der Waals surface area contributed by atoms with E-state index >= 15 is 0 Å². The molecule has 0 unspecified atom stereocenters. The van der Waals surface area contributed by atoms with E-state index in [0.29, 0.717) is 17.1 Å². The van der Waals surface area contributed by atoms with E-state index in [-0.39, 0.29) is 36.7 Å². The van der Waals surface area contributed by atoms with E-state index in [1.54, 1.807) is 30.3 Å². The Morgan fingerprint density at radius 3 is 2.20 bits per heavy atom. The molecule has 4 amide bonds. The number of hydrogen-bond donors (Lipinski definition) is 5. The van der Waals surface area contributed by atoms with Crippen molar-refractivity contribution in [3.63, 3.8) is 0 Å². The molecule has 0 fully saturated rings. The first-order valence-corrected chi connectivity index (χ1v) is 9.33. The quantitative estimate of drug-likeness (QED) is 0.460. The number of nitrogens with two attached hydrogens (primary N) is 1. The largest absolute Gasteiger partial charge is 0.346 e. The van der Waals surface area contributed by atoms with Gasteiger partial charge in [-0.3, -0.25) is 9.59 Å². The second-order valence-electron chi connectivity index (χ2n) is 7.01. The van der Waals surface area contributed by atoms with E-state index in [4.69, 9.17) is 5.73 Å². The number of carbonyl (C=O) groups is 3. The van der Waals surface area contributed by atoms with Gasteiger partial charge in [-0.15, -0.1) is 12.4 Å². The van der Waals surface area contributed by atoms with Crippen LogP contribution in [0.1, 0.15) is 19.4 Å². The van der Waals surface area contributed by atoms with Crippen LogP contribution in [-0.4, -0.2) is 30.4 Å². The molecule has 9 heteroatoms. The molecule has 8 nitrogen and oxygen atoms in total. The predicted octanol–water partition coefficient (Wildman–Crippen LogP) is 3.10. The minimum atomic E-state index is -0.666. The fourth-order valence-electron chi connectivity index (χ4n) is 2.43. The summed E-state index contributed by atoms with van der Waals surface area (Å²) in [6.07, 6.45) is 0. The minimum Gasteiger partial charge on any atom is -0.346 e. The number of rotatable bonds is 7. The van der Waals surface area contributed by atoms with Gasteiger partial charge in [-0.25, -0.2) is 4.79 Å². The Bertz CT molecular complexity index is 874. The van der Waals surface area contributed by atoms with E-state index in [1.165, 1.54) is 0 Å². The molecule has 2 aromatic carbocycles. The van der Waals surface area contributed by atoms with Crippen LogP contribution in [0.25, 0.3) is 0 Å². The van der Waals surface area contributed by atoms with E-state index in [0.717, 1.165) is 5.56 Å². The molecule has 30 heavy (non-hydrogen) atoms. The molecule has 162 valence electrons. The summed E-state index contributed by atoms with van der Waals surface area (Å²) >= 11 is 0. The highest BCUT2D eigenvalue weighted by atomic mass is 35.5. The average molecular weight is 434 g/mol. The number of para-hydroxylation sites is 1. The zero-order chi connectivity index (χ0) is 21.4. The van der Waals surface area contributed by atoms with Crippen molar-refractivity contribution in [3.8, 4) is 0 Å². The molecule has 0 heterocycles. The number of anilines is 3. The summed E-state index contributed by atoms with van der Waals surface area (Å²) in [6, 6.07) is 13.2. The first-order valence-electron chi connectivity index (χ1n) is 9.33. The molecule has 6 N–H and O–H groups in total. The molecule has 0 aromatic heterocycles. The Kier molecular flexibility index (Phi) is 9.80. The van der Waals surface area contributed by atoms with Gasteiger partial charge in [-0.1, -0.05) is 38.1 Å². The second kappa shape index (κ2) is 11.8. The summed E-state index contributed by atoms with van der Waals surface area (Å²) in [5.41, 5.74) is 8.29.